The van der Waals surface area contributed by atoms with Crippen molar-refractivity contribution in [3.63, 3.8) is 0 Å². The molecule has 1 saturated heterocycles. The van der Waals surface area contributed by atoms with Crippen LogP contribution in [0.3, 0.4) is 0 Å². The van der Waals surface area contributed by atoms with Gasteiger partial charge in [-0.3, -0.25) is 0 Å². The summed E-state index contributed by atoms with van der Waals surface area (Å²) in [6.45, 7) is 5.68. The largest absolute Gasteiger partial charge is 0.494 e. The summed E-state index contributed by atoms with van der Waals surface area (Å²) < 4.78 is 7.80. The minimum Gasteiger partial charge on any atom is -0.494 e. The lowest BCUT2D eigenvalue weighted by molar-refractivity contribution is 0.179. The number of aryl methyl sites for hydroxylation is 1. The predicted octanol–water partition coefficient (Wildman–Crippen LogP) is 2.71. The zero-order valence-electron chi connectivity index (χ0n) is 15.9. The van der Waals surface area contributed by atoms with E-state index < -0.39 is 0 Å². The first kappa shape index (κ1) is 17.8. The van der Waals surface area contributed by atoms with Crippen LogP contribution in [0, 0.1) is 0 Å². The minimum atomic E-state index is 0.00161. The molecule has 144 valence electrons. The van der Waals surface area contributed by atoms with Crippen LogP contribution >= 0.6 is 0 Å². The standard InChI is InChI=1S/C20H27N5O2/c1-2-27-17-6-3-5-15(13-17)14-21-20(26)24-11-8-16(9-12-24)19-23-22-18-7-4-10-25(18)19/h3,5-6,13,16H,2,4,7-12,14H2,1H3,(H,21,26). The Balaban J connectivity index is 1.28. The molecule has 0 atom stereocenters. The molecule has 7 nitrogen and oxygen atoms in total. The molecule has 0 bridgehead atoms. The van der Waals surface area contributed by atoms with Gasteiger partial charge in [-0.25, -0.2) is 4.79 Å². The summed E-state index contributed by atoms with van der Waals surface area (Å²) in [6, 6.07) is 7.86. The first-order valence-corrected chi connectivity index (χ1v) is 9.91. The van der Waals surface area contributed by atoms with E-state index in [4.69, 9.17) is 4.74 Å². The summed E-state index contributed by atoms with van der Waals surface area (Å²) in [5.41, 5.74) is 1.04. The average Bonchev–Trinajstić information content (AvgIpc) is 3.31. The number of ether oxygens (including phenoxy) is 1. The molecule has 3 heterocycles. The Morgan fingerprint density at radius 3 is 2.93 bits per heavy atom. The second kappa shape index (κ2) is 7.98. The third-order valence-corrected chi connectivity index (χ3v) is 5.44. The molecule has 27 heavy (non-hydrogen) atoms. The van der Waals surface area contributed by atoms with Gasteiger partial charge >= 0.3 is 6.03 Å². The van der Waals surface area contributed by atoms with Gasteiger partial charge in [0.05, 0.1) is 6.61 Å². The maximum absolute atomic E-state index is 12.5. The van der Waals surface area contributed by atoms with Crippen LogP contribution in [0.2, 0.25) is 0 Å². The predicted molar refractivity (Wildman–Crippen MR) is 102 cm³/mol. The van der Waals surface area contributed by atoms with Gasteiger partial charge in [0.15, 0.2) is 0 Å². The molecule has 2 aromatic rings. The van der Waals surface area contributed by atoms with E-state index in [1.807, 2.05) is 36.1 Å². The van der Waals surface area contributed by atoms with E-state index in [9.17, 15) is 4.79 Å². The number of benzene rings is 1. The van der Waals surface area contributed by atoms with Gasteiger partial charge in [0.25, 0.3) is 0 Å². The fourth-order valence-corrected chi connectivity index (χ4v) is 4.02. The van der Waals surface area contributed by atoms with Crippen LogP contribution in [0.5, 0.6) is 5.75 Å². The molecule has 0 aliphatic carbocycles. The highest BCUT2D eigenvalue weighted by molar-refractivity contribution is 5.74. The van der Waals surface area contributed by atoms with Crippen molar-refractivity contribution >= 4 is 6.03 Å². The summed E-state index contributed by atoms with van der Waals surface area (Å²) in [6.07, 6.45) is 4.11. The highest BCUT2D eigenvalue weighted by Crippen LogP contribution is 2.29. The number of nitrogens with one attached hydrogen (secondary N) is 1. The number of hydrogen-bond donors (Lipinski definition) is 1. The molecule has 1 aromatic carbocycles. The third kappa shape index (κ3) is 3.91. The summed E-state index contributed by atoms with van der Waals surface area (Å²) in [4.78, 5) is 14.4. The maximum atomic E-state index is 12.5. The number of nitrogens with zero attached hydrogens (tertiary/aromatic N) is 4. The van der Waals surface area contributed by atoms with Crippen molar-refractivity contribution in [1.82, 2.24) is 25.0 Å². The smallest absolute Gasteiger partial charge is 0.317 e. The number of likely N-dealkylation sites (tertiary alicyclic amines) is 1. The molecule has 0 unspecified atom stereocenters. The Hall–Kier alpha value is -2.57. The van der Waals surface area contributed by atoms with Crippen molar-refractivity contribution in [2.75, 3.05) is 19.7 Å². The molecular formula is C20H27N5O2. The second-order valence-electron chi connectivity index (χ2n) is 7.23. The van der Waals surface area contributed by atoms with Crippen LogP contribution in [-0.4, -0.2) is 45.4 Å². The van der Waals surface area contributed by atoms with Gasteiger partial charge in [-0.1, -0.05) is 12.1 Å². The third-order valence-electron chi connectivity index (χ3n) is 5.44. The fourth-order valence-electron chi connectivity index (χ4n) is 4.02. The van der Waals surface area contributed by atoms with Gasteiger partial charge in [0.1, 0.15) is 17.4 Å². The quantitative estimate of drug-likeness (QED) is 0.880. The van der Waals surface area contributed by atoms with E-state index in [1.165, 1.54) is 6.42 Å². The van der Waals surface area contributed by atoms with E-state index in [-0.39, 0.29) is 6.03 Å². The number of urea groups is 1. The van der Waals surface area contributed by atoms with Crippen molar-refractivity contribution in [1.29, 1.82) is 0 Å². The van der Waals surface area contributed by atoms with Crippen LogP contribution in [0.4, 0.5) is 4.79 Å². The topological polar surface area (TPSA) is 72.3 Å². The molecule has 1 N–H and O–H groups in total. The zero-order chi connectivity index (χ0) is 18.6. The lowest BCUT2D eigenvalue weighted by atomic mass is 9.96. The van der Waals surface area contributed by atoms with E-state index in [0.29, 0.717) is 19.1 Å². The number of aromatic nitrogens is 3. The SMILES string of the molecule is CCOc1cccc(CNC(=O)N2CCC(c3nnc4n3CCC4)CC2)c1. The first-order chi connectivity index (χ1) is 13.2. The van der Waals surface area contributed by atoms with Crippen LogP contribution in [0.25, 0.3) is 0 Å². The van der Waals surface area contributed by atoms with Crippen molar-refractivity contribution in [2.45, 2.75) is 51.6 Å². The van der Waals surface area contributed by atoms with Crippen molar-refractivity contribution < 1.29 is 9.53 Å². The molecule has 0 spiro atoms. The van der Waals surface area contributed by atoms with Crippen molar-refractivity contribution in [3.05, 3.63) is 41.5 Å². The number of rotatable bonds is 5. The second-order valence-corrected chi connectivity index (χ2v) is 7.23. The minimum absolute atomic E-state index is 0.00161. The van der Waals surface area contributed by atoms with Crippen LogP contribution in [0.15, 0.2) is 24.3 Å². The van der Waals surface area contributed by atoms with E-state index in [2.05, 4.69) is 20.1 Å². The van der Waals surface area contributed by atoms with Gasteiger partial charge < -0.3 is 19.5 Å². The Bertz CT molecular complexity index is 795. The number of fused-ring (bicyclic) bond motifs is 1. The Morgan fingerprint density at radius 2 is 2.11 bits per heavy atom. The monoisotopic (exact) mass is 369 g/mol. The molecule has 1 fully saturated rings. The van der Waals surface area contributed by atoms with E-state index in [0.717, 1.165) is 61.9 Å². The fraction of sp³-hybridized carbons (Fsp3) is 0.550. The van der Waals surface area contributed by atoms with E-state index in [1.54, 1.807) is 0 Å². The number of hydrogen-bond acceptors (Lipinski definition) is 4. The lowest BCUT2D eigenvalue weighted by Crippen LogP contribution is -2.44. The highest BCUT2D eigenvalue weighted by Gasteiger charge is 2.29. The summed E-state index contributed by atoms with van der Waals surface area (Å²) in [7, 11) is 0. The zero-order valence-corrected chi connectivity index (χ0v) is 15.9. The summed E-state index contributed by atoms with van der Waals surface area (Å²) >= 11 is 0. The average molecular weight is 369 g/mol. The molecular weight excluding hydrogens is 342 g/mol. The molecule has 0 saturated carbocycles. The highest BCUT2D eigenvalue weighted by atomic mass is 16.5. The van der Waals surface area contributed by atoms with E-state index >= 15 is 0 Å². The van der Waals surface area contributed by atoms with Crippen molar-refractivity contribution in [3.8, 4) is 5.75 Å². The number of carbonyl (C=O) groups excluding carboxylic acids is 1. The summed E-state index contributed by atoms with van der Waals surface area (Å²) in [5.74, 6) is 3.50. The number of piperidine rings is 1. The van der Waals surface area contributed by atoms with Gasteiger partial charge in [0.2, 0.25) is 0 Å². The normalized spacial score (nSPS) is 17.0. The van der Waals surface area contributed by atoms with Crippen LogP contribution < -0.4 is 10.1 Å². The Labute approximate surface area is 159 Å². The molecule has 2 aliphatic rings. The number of amides is 2. The number of carbonyl (C=O) groups is 1. The van der Waals surface area contributed by atoms with Crippen LogP contribution in [-0.2, 0) is 19.5 Å². The molecule has 7 heteroatoms. The Kier molecular flexibility index (Phi) is 5.27. The molecule has 2 aliphatic heterocycles. The summed E-state index contributed by atoms with van der Waals surface area (Å²) in [5, 5.41) is 11.8. The lowest BCUT2D eigenvalue weighted by Gasteiger charge is -2.31. The van der Waals surface area contributed by atoms with Gasteiger partial charge in [-0.2, -0.15) is 0 Å². The van der Waals surface area contributed by atoms with Crippen molar-refractivity contribution in [2.24, 2.45) is 0 Å². The molecule has 4 rings (SSSR count). The first-order valence-electron chi connectivity index (χ1n) is 9.91. The molecule has 1 aromatic heterocycles. The van der Waals surface area contributed by atoms with Crippen LogP contribution in [0.1, 0.15) is 49.3 Å². The molecule has 2 amide bonds. The van der Waals surface area contributed by atoms with Gasteiger partial charge in [0, 0.05) is 38.5 Å². The van der Waals surface area contributed by atoms with Gasteiger partial charge in [-0.05, 0) is 43.9 Å². The van der Waals surface area contributed by atoms with Gasteiger partial charge in [-0.15, -0.1) is 10.2 Å². The maximum Gasteiger partial charge on any atom is 0.317 e. The Morgan fingerprint density at radius 1 is 1.26 bits per heavy atom. The molecule has 0 radical (unpaired) electrons.